The van der Waals surface area contributed by atoms with E-state index in [-0.39, 0.29) is 24.8 Å². The largest absolute Gasteiger partial charge is 0.469 e. The third kappa shape index (κ3) is 3.99. The van der Waals surface area contributed by atoms with Crippen LogP contribution >= 0.6 is 0 Å². The number of esters is 1. The molecule has 2 aliphatic heterocycles. The smallest absolute Gasteiger partial charge is 0.307 e. The van der Waals surface area contributed by atoms with Gasteiger partial charge >= 0.3 is 5.97 Å². The highest BCUT2D eigenvalue weighted by molar-refractivity contribution is 5.88. The van der Waals surface area contributed by atoms with Crippen molar-refractivity contribution in [2.24, 2.45) is 0 Å². The molecule has 0 bridgehead atoms. The minimum atomic E-state index is -0.651. The number of piperazine rings is 1. The van der Waals surface area contributed by atoms with Gasteiger partial charge in [0, 0.05) is 26.2 Å². The summed E-state index contributed by atoms with van der Waals surface area (Å²) < 4.78 is 4.67. The Morgan fingerprint density at radius 3 is 2.76 bits per heavy atom. The monoisotopic (exact) mass is 345 g/mol. The number of amides is 2. The fraction of sp³-hybridized carbons (Fsp3) is 0.500. The number of nitrogens with one attached hydrogen (secondary N) is 1. The zero-order chi connectivity index (χ0) is 17.8. The highest BCUT2D eigenvalue weighted by atomic mass is 16.5. The molecule has 7 heteroatoms. The van der Waals surface area contributed by atoms with Crippen LogP contribution in [0, 0.1) is 0 Å². The van der Waals surface area contributed by atoms with Gasteiger partial charge in [0.1, 0.15) is 6.04 Å². The SMILES string of the molecule is COC(=O)C[C@H]1C(=O)NCCN1CC(=O)N1CCc2ccccc2C1. The Labute approximate surface area is 146 Å². The van der Waals surface area contributed by atoms with Crippen molar-refractivity contribution in [3.63, 3.8) is 0 Å². The van der Waals surface area contributed by atoms with E-state index in [4.69, 9.17) is 0 Å². The van der Waals surface area contributed by atoms with Crippen LogP contribution in [0.3, 0.4) is 0 Å². The fourth-order valence-corrected chi connectivity index (χ4v) is 3.40. The Morgan fingerprint density at radius 1 is 1.24 bits per heavy atom. The van der Waals surface area contributed by atoms with E-state index in [1.54, 1.807) is 4.90 Å². The maximum absolute atomic E-state index is 12.7. The molecule has 134 valence electrons. The van der Waals surface area contributed by atoms with E-state index in [1.165, 1.54) is 18.2 Å². The first-order valence-corrected chi connectivity index (χ1v) is 8.51. The number of carbonyl (C=O) groups is 3. The van der Waals surface area contributed by atoms with Crippen molar-refractivity contribution in [2.75, 3.05) is 33.3 Å². The summed E-state index contributed by atoms with van der Waals surface area (Å²) in [6.07, 6.45) is 0.798. The van der Waals surface area contributed by atoms with E-state index in [2.05, 4.69) is 16.1 Å². The summed E-state index contributed by atoms with van der Waals surface area (Å²) >= 11 is 0. The van der Waals surface area contributed by atoms with Crippen molar-refractivity contribution in [3.05, 3.63) is 35.4 Å². The molecule has 3 rings (SSSR count). The molecule has 2 amide bonds. The lowest BCUT2D eigenvalue weighted by molar-refractivity contribution is -0.147. The topological polar surface area (TPSA) is 79.0 Å². The minimum Gasteiger partial charge on any atom is -0.469 e. The average molecular weight is 345 g/mol. The molecule has 2 heterocycles. The second-order valence-electron chi connectivity index (χ2n) is 6.39. The summed E-state index contributed by atoms with van der Waals surface area (Å²) in [5, 5.41) is 2.74. The van der Waals surface area contributed by atoms with E-state index in [1.807, 2.05) is 23.1 Å². The molecule has 7 nitrogen and oxygen atoms in total. The van der Waals surface area contributed by atoms with E-state index < -0.39 is 12.0 Å². The zero-order valence-corrected chi connectivity index (χ0v) is 14.4. The maximum atomic E-state index is 12.7. The molecule has 0 aliphatic carbocycles. The van der Waals surface area contributed by atoms with Crippen LogP contribution in [0.2, 0.25) is 0 Å². The number of hydrogen-bond acceptors (Lipinski definition) is 5. The molecule has 1 fully saturated rings. The predicted molar refractivity (Wildman–Crippen MR) is 90.6 cm³/mol. The summed E-state index contributed by atoms with van der Waals surface area (Å²) in [4.78, 5) is 40.0. The van der Waals surface area contributed by atoms with Gasteiger partial charge in [-0.05, 0) is 17.5 Å². The van der Waals surface area contributed by atoms with Gasteiger partial charge in [-0.2, -0.15) is 0 Å². The molecular weight excluding hydrogens is 322 g/mol. The van der Waals surface area contributed by atoms with Crippen molar-refractivity contribution in [1.82, 2.24) is 15.1 Å². The Balaban J connectivity index is 1.64. The van der Waals surface area contributed by atoms with Crippen LogP contribution in [-0.2, 0) is 32.1 Å². The Hall–Kier alpha value is -2.41. The standard InChI is InChI=1S/C18H23N3O4/c1-25-17(23)10-15-18(24)19-7-9-20(15)12-16(22)21-8-6-13-4-2-3-5-14(13)11-21/h2-5,15H,6-12H2,1H3,(H,19,24)/t15-/m0/s1. The molecule has 0 saturated carbocycles. The number of methoxy groups -OCH3 is 1. The van der Waals surface area contributed by atoms with Gasteiger partial charge in [0.05, 0.1) is 20.1 Å². The van der Waals surface area contributed by atoms with Gasteiger partial charge in [0.25, 0.3) is 0 Å². The minimum absolute atomic E-state index is 0.0148. The van der Waals surface area contributed by atoms with Crippen LogP contribution in [0.25, 0.3) is 0 Å². The number of nitrogens with zero attached hydrogens (tertiary/aromatic N) is 2. The van der Waals surface area contributed by atoms with Crippen LogP contribution < -0.4 is 5.32 Å². The number of hydrogen-bond donors (Lipinski definition) is 1. The second-order valence-corrected chi connectivity index (χ2v) is 6.39. The molecule has 1 atom stereocenters. The summed E-state index contributed by atoms with van der Waals surface area (Å²) in [5.41, 5.74) is 2.46. The van der Waals surface area contributed by atoms with Crippen molar-refractivity contribution < 1.29 is 19.1 Å². The van der Waals surface area contributed by atoms with Crippen molar-refractivity contribution in [2.45, 2.75) is 25.4 Å². The molecule has 2 aliphatic rings. The molecule has 1 N–H and O–H groups in total. The third-order valence-corrected chi connectivity index (χ3v) is 4.85. The molecule has 0 unspecified atom stereocenters. The summed E-state index contributed by atoms with van der Waals surface area (Å²) in [7, 11) is 1.30. The predicted octanol–water partition coefficient (Wildman–Crippen LogP) is -0.0652. The zero-order valence-electron chi connectivity index (χ0n) is 14.4. The van der Waals surface area contributed by atoms with Gasteiger partial charge in [0.15, 0.2) is 0 Å². The van der Waals surface area contributed by atoms with Crippen LogP contribution in [0.1, 0.15) is 17.5 Å². The first-order chi connectivity index (χ1) is 12.1. The van der Waals surface area contributed by atoms with Crippen LogP contribution in [0.15, 0.2) is 24.3 Å². The van der Waals surface area contributed by atoms with Crippen LogP contribution in [0.4, 0.5) is 0 Å². The number of fused-ring (bicyclic) bond motifs is 1. The molecule has 1 saturated heterocycles. The van der Waals surface area contributed by atoms with Crippen molar-refractivity contribution in [3.8, 4) is 0 Å². The third-order valence-electron chi connectivity index (χ3n) is 4.85. The molecular formula is C18H23N3O4. The fourth-order valence-electron chi connectivity index (χ4n) is 3.40. The molecule has 25 heavy (non-hydrogen) atoms. The van der Waals surface area contributed by atoms with Gasteiger partial charge in [-0.15, -0.1) is 0 Å². The van der Waals surface area contributed by atoms with Crippen LogP contribution in [0.5, 0.6) is 0 Å². The Morgan fingerprint density at radius 2 is 2.00 bits per heavy atom. The van der Waals surface area contributed by atoms with Crippen molar-refractivity contribution in [1.29, 1.82) is 0 Å². The van der Waals surface area contributed by atoms with Gasteiger partial charge < -0.3 is 15.0 Å². The van der Waals surface area contributed by atoms with E-state index >= 15 is 0 Å². The molecule has 0 aromatic heterocycles. The highest BCUT2D eigenvalue weighted by Crippen LogP contribution is 2.19. The second kappa shape index (κ2) is 7.65. The Kier molecular flexibility index (Phi) is 5.33. The molecule has 0 spiro atoms. The molecule has 1 aromatic rings. The van der Waals surface area contributed by atoms with E-state index in [0.717, 1.165) is 6.42 Å². The number of rotatable bonds is 4. The molecule has 0 radical (unpaired) electrons. The van der Waals surface area contributed by atoms with E-state index in [0.29, 0.717) is 26.2 Å². The van der Waals surface area contributed by atoms with E-state index in [9.17, 15) is 14.4 Å². The van der Waals surface area contributed by atoms with Gasteiger partial charge in [0.2, 0.25) is 11.8 Å². The number of benzene rings is 1. The average Bonchev–Trinajstić information content (AvgIpc) is 2.63. The lowest BCUT2D eigenvalue weighted by atomic mass is 10.00. The lowest BCUT2D eigenvalue weighted by Crippen LogP contribution is -2.58. The summed E-state index contributed by atoms with van der Waals surface area (Å²) in [5.74, 6) is -0.695. The van der Waals surface area contributed by atoms with Gasteiger partial charge in [-0.3, -0.25) is 19.3 Å². The highest BCUT2D eigenvalue weighted by Gasteiger charge is 2.34. The first-order valence-electron chi connectivity index (χ1n) is 8.51. The quantitative estimate of drug-likeness (QED) is 0.773. The van der Waals surface area contributed by atoms with Crippen molar-refractivity contribution >= 4 is 17.8 Å². The normalized spacial score (nSPS) is 20.6. The summed E-state index contributed by atoms with van der Waals surface area (Å²) in [6.45, 7) is 2.43. The Bertz CT molecular complexity index is 676. The summed E-state index contributed by atoms with van der Waals surface area (Å²) in [6, 6.07) is 7.48. The number of ether oxygens (including phenoxy) is 1. The maximum Gasteiger partial charge on any atom is 0.307 e. The van der Waals surface area contributed by atoms with Gasteiger partial charge in [-0.25, -0.2) is 0 Å². The lowest BCUT2D eigenvalue weighted by Gasteiger charge is -2.36. The number of carbonyl (C=O) groups excluding carboxylic acids is 3. The first kappa shape index (κ1) is 17.4. The van der Waals surface area contributed by atoms with Gasteiger partial charge in [-0.1, -0.05) is 24.3 Å². The molecule has 1 aromatic carbocycles. The van der Waals surface area contributed by atoms with Crippen LogP contribution in [-0.4, -0.2) is 66.9 Å².